The van der Waals surface area contributed by atoms with Crippen LogP contribution in [0.15, 0.2) is 36.0 Å². The second kappa shape index (κ2) is 7.58. The third kappa shape index (κ3) is 4.81. The minimum absolute atomic E-state index is 0.577. The Bertz CT molecular complexity index is 325. The summed E-state index contributed by atoms with van der Waals surface area (Å²) in [6, 6.07) is 0.577. The number of hydrogen-bond donors (Lipinski definition) is 0. The minimum Gasteiger partial charge on any atom is -0.300 e. The minimum atomic E-state index is 0.577. The van der Waals surface area contributed by atoms with Crippen LogP contribution in [0, 0.1) is 5.92 Å². The van der Waals surface area contributed by atoms with E-state index in [9.17, 15) is 0 Å². The summed E-state index contributed by atoms with van der Waals surface area (Å²) < 4.78 is 0. The van der Waals surface area contributed by atoms with Crippen molar-refractivity contribution in [3.63, 3.8) is 0 Å². The summed E-state index contributed by atoms with van der Waals surface area (Å²) in [4.78, 5) is 2.48. The topological polar surface area (TPSA) is 3.24 Å². The second-order valence-electron chi connectivity index (χ2n) is 5.77. The van der Waals surface area contributed by atoms with Crippen molar-refractivity contribution >= 4 is 0 Å². The lowest BCUT2D eigenvalue weighted by atomic mass is 9.94. The van der Waals surface area contributed by atoms with Gasteiger partial charge in [0.1, 0.15) is 0 Å². The summed E-state index contributed by atoms with van der Waals surface area (Å²) in [5.74, 6) is 0.646. The van der Waals surface area contributed by atoms with E-state index in [2.05, 4.69) is 57.5 Å². The van der Waals surface area contributed by atoms with E-state index in [0.29, 0.717) is 12.0 Å². The van der Waals surface area contributed by atoms with Gasteiger partial charge in [-0.1, -0.05) is 36.3 Å². The fraction of sp³-hybridized carbons (Fsp3) is 0.647. The largest absolute Gasteiger partial charge is 0.300 e. The molecule has 0 aromatic carbocycles. The first-order valence-electron chi connectivity index (χ1n) is 7.23. The van der Waals surface area contributed by atoms with E-state index >= 15 is 0 Å². The summed E-state index contributed by atoms with van der Waals surface area (Å²) in [6.45, 7) is 11.8. The molecule has 1 aliphatic rings. The van der Waals surface area contributed by atoms with Gasteiger partial charge in [-0.2, -0.15) is 0 Å². The molecule has 1 nitrogen and oxygen atoms in total. The maximum atomic E-state index is 3.84. The number of rotatable bonds is 7. The van der Waals surface area contributed by atoms with E-state index in [0.717, 1.165) is 0 Å². The van der Waals surface area contributed by atoms with Crippen LogP contribution >= 0.6 is 0 Å². The van der Waals surface area contributed by atoms with E-state index in [-0.39, 0.29) is 0 Å². The third-order valence-corrected chi connectivity index (χ3v) is 4.16. The molecule has 0 saturated heterocycles. The van der Waals surface area contributed by atoms with Crippen LogP contribution < -0.4 is 0 Å². The predicted octanol–water partition coefficient (Wildman–Crippen LogP) is 4.58. The lowest BCUT2D eigenvalue weighted by Gasteiger charge is -2.28. The molecular weight excluding hydrogens is 218 g/mol. The Hall–Kier alpha value is -0.820. The van der Waals surface area contributed by atoms with Gasteiger partial charge in [0.15, 0.2) is 0 Å². The molecule has 0 radical (unpaired) electrons. The average molecular weight is 247 g/mol. The lowest BCUT2D eigenvalue weighted by molar-refractivity contribution is 0.272. The van der Waals surface area contributed by atoms with Gasteiger partial charge >= 0.3 is 0 Å². The molecule has 0 saturated carbocycles. The number of nitrogens with zero attached hydrogens (tertiary/aromatic N) is 1. The number of allylic oxidation sites excluding steroid dienone is 4. The Labute approximate surface area is 113 Å². The van der Waals surface area contributed by atoms with Gasteiger partial charge in [0, 0.05) is 6.04 Å². The first-order valence-corrected chi connectivity index (χ1v) is 7.23. The van der Waals surface area contributed by atoms with E-state index in [1.54, 1.807) is 5.57 Å². The van der Waals surface area contributed by atoms with Gasteiger partial charge in [-0.25, -0.2) is 0 Å². The maximum Gasteiger partial charge on any atom is 0.0279 e. The van der Waals surface area contributed by atoms with Gasteiger partial charge in [-0.3, -0.25) is 4.90 Å². The van der Waals surface area contributed by atoms with E-state index in [1.807, 2.05) is 0 Å². The number of likely N-dealkylation sites (N-methyl/N-ethyl adjacent to an activating group) is 1. The molecule has 102 valence electrons. The zero-order valence-corrected chi connectivity index (χ0v) is 12.6. The van der Waals surface area contributed by atoms with Crippen molar-refractivity contribution in [2.75, 3.05) is 13.6 Å². The molecular formula is C17H29N. The summed E-state index contributed by atoms with van der Waals surface area (Å²) in [5, 5.41) is 0. The fourth-order valence-corrected chi connectivity index (χ4v) is 2.36. The number of hydrogen-bond acceptors (Lipinski definition) is 1. The van der Waals surface area contributed by atoms with Crippen LogP contribution in [0.2, 0.25) is 0 Å². The first kappa shape index (κ1) is 15.2. The molecule has 0 aromatic heterocycles. The Morgan fingerprint density at radius 3 is 2.61 bits per heavy atom. The Morgan fingerprint density at radius 2 is 2.06 bits per heavy atom. The molecule has 2 atom stereocenters. The molecule has 18 heavy (non-hydrogen) atoms. The predicted molar refractivity (Wildman–Crippen MR) is 81.8 cm³/mol. The summed E-state index contributed by atoms with van der Waals surface area (Å²) in [5.41, 5.74) is 3.09. The molecule has 0 N–H and O–H groups in total. The SMILES string of the molecule is C=CC(C)CCCN(C)C(C)C1=CC=C(C)CC1. The van der Waals surface area contributed by atoms with Crippen LogP contribution in [0.5, 0.6) is 0 Å². The van der Waals surface area contributed by atoms with Crippen LogP contribution in [0.1, 0.15) is 46.5 Å². The molecule has 0 spiro atoms. The summed E-state index contributed by atoms with van der Waals surface area (Å²) in [6.07, 6.45) is 11.6. The van der Waals surface area contributed by atoms with Crippen molar-refractivity contribution in [2.24, 2.45) is 5.92 Å². The highest BCUT2D eigenvalue weighted by molar-refractivity contribution is 5.25. The second-order valence-corrected chi connectivity index (χ2v) is 5.77. The van der Waals surface area contributed by atoms with Gasteiger partial charge in [-0.15, -0.1) is 6.58 Å². The quantitative estimate of drug-likeness (QED) is 0.595. The Morgan fingerprint density at radius 1 is 1.33 bits per heavy atom. The highest BCUT2D eigenvalue weighted by atomic mass is 15.1. The van der Waals surface area contributed by atoms with Crippen molar-refractivity contribution < 1.29 is 0 Å². The zero-order valence-electron chi connectivity index (χ0n) is 12.6. The maximum absolute atomic E-state index is 3.84. The lowest BCUT2D eigenvalue weighted by Crippen LogP contribution is -2.32. The average Bonchev–Trinajstić information content (AvgIpc) is 2.38. The molecule has 0 fully saturated rings. The molecule has 1 rings (SSSR count). The third-order valence-electron chi connectivity index (χ3n) is 4.16. The first-order chi connectivity index (χ1) is 8.54. The van der Waals surface area contributed by atoms with Gasteiger partial charge < -0.3 is 0 Å². The van der Waals surface area contributed by atoms with Crippen LogP contribution in [0.3, 0.4) is 0 Å². The highest BCUT2D eigenvalue weighted by Gasteiger charge is 2.15. The van der Waals surface area contributed by atoms with E-state index < -0.39 is 0 Å². The molecule has 0 heterocycles. The molecule has 0 amide bonds. The molecule has 1 aliphatic carbocycles. The van der Waals surface area contributed by atoms with Crippen molar-refractivity contribution in [1.82, 2.24) is 4.90 Å². The van der Waals surface area contributed by atoms with Gasteiger partial charge in [0.2, 0.25) is 0 Å². The van der Waals surface area contributed by atoms with Gasteiger partial charge in [0.05, 0.1) is 0 Å². The van der Waals surface area contributed by atoms with Crippen LogP contribution in [-0.2, 0) is 0 Å². The standard InChI is InChI=1S/C17H29N/c1-6-14(2)8-7-13-18(5)16(4)17-11-9-15(3)10-12-17/h6,9,11,14,16H,1,7-8,10,12-13H2,2-5H3. The molecule has 1 heteroatoms. The van der Waals surface area contributed by atoms with Gasteiger partial charge in [-0.05, 0) is 59.0 Å². The van der Waals surface area contributed by atoms with Crippen LogP contribution in [0.25, 0.3) is 0 Å². The molecule has 0 aliphatic heterocycles. The van der Waals surface area contributed by atoms with E-state index in [4.69, 9.17) is 0 Å². The smallest absolute Gasteiger partial charge is 0.0279 e. The van der Waals surface area contributed by atoms with E-state index in [1.165, 1.54) is 37.8 Å². The molecule has 0 bridgehead atoms. The van der Waals surface area contributed by atoms with Crippen molar-refractivity contribution in [2.45, 2.75) is 52.5 Å². The summed E-state index contributed by atoms with van der Waals surface area (Å²) >= 11 is 0. The van der Waals surface area contributed by atoms with Crippen molar-refractivity contribution in [1.29, 1.82) is 0 Å². The summed E-state index contributed by atoms with van der Waals surface area (Å²) in [7, 11) is 2.25. The van der Waals surface area contributed by atoms with Gasteiger partial charge in [0.25, 0.3) is 0 Å². The Kier molecular flexibility index (Phi) is 6.42. The highest BCUT2D eigenvalue weighted by Crippen LogP contribution is 2.23. The molecule has 2 unspecified atom stereocenters. The monoisotopic (exact) mass is 247 g/mol. The van der Waals surface area contributed by atoms with Crippen molar-refractivity contribution in [3.05, 3.63) is 36.0 Å². The molecule has 0 aromatic rings. The zero-order chi connectivity index (χ0) is 13.5. The fourth-order valence-electron chi connectivity index (χ4n) is 2.36. The van der Waals surface area contributed by atoms with Crippen LogP contribution in [0.4, 0.5) is 0 Å². The Balaban J connectivity index is 2.37. The van der Waals surface area contributed by atoms with Crippen molar-refractivity contribution in [3.8, 4) is 0 Å². The normalized spacial score (nSPS) is 19.2. The van der Waals surface area contributed by atoms with Crippen LogP contribution in [-0.4, -0.2) is 24.5 Å².